The molecule has 0 saturated carbocycles. The maximum Gasteiger partial charge on any atom is 0.141 e. The Hall–Kier alpha value is -1.87. The Labute approximate surface area is 107 Å². The van der Waals surface area contributed by atoms with Crippen LogP contribution >= 0.6 is 0 Å². The highest BCUT2D eigenvalue weighted by molar-refractivity contribution is 5.67. The van der Waals surface area contributed by atoms with Crippen LogP contribution in [0.2, 0.25) is 0 Å². The van der Waals surface area contributed by atoms with Crippen molar-refractivity contribution < 1.29 is 4.52 Å². The Bertz CT molecular complexity index is 523. The van der Waals surface area contributed by atoms with Gasteiger partial charge in [0.2, 0.25) is 0 Å². The number of nitrogens with two attached hydrogens (primary N) is 1. The zero-order valence-electron chi connectivity index (χ0n) is 10.8. The van der Waals surface area contributed by atoms with E-state index in [0.29, 0.717) is 6.42 Å². The first-order valence-electron chi connectivity index (χ1n) is 6.01. The van der Waals surface area contributed by atoms with E-state index in [1.165, 1.54) is 0 Å². The third kappa shape index (κ3) is 2.51. The molecule has 2 N–H and O–H groups in total. The molecule has 1 atom stereocenters. The smallest absolute Gasteiger partial charge is 0.141 e. The molecule has 3 nitrogen and oxygen atoms in total. The molecule has 0 bridgehead atoms. The van der Waals surface area contributed by atoms with Gasteiger partial charge in [-0.15, -0.1) is 0 Å². The van der Waals surface area contributed by atoms with Gasteiger partial charge in [-0.1, -0.05) is 42.1 Å². The number of nitrogens with zero attached hydrogens (tertiary/aromatic N) is 1. The topological polar surface area (TPSA) is 52.0 Å². The van der Waals surface area contributed by atoms with Gasteiger partial charge in [0, 0.05) is 11.6 Å². The summed E-state index contributed by atoms with van der Waals surface area (Å²) in [5, 5.41) is 3.94. The Morgan fingerprint density at radius 1 is 1.33 bits per heavy atom. The van der Waals surface area contributed by atoms with Crippen molar-refractivity contribution in [1.29, 1.82) is 0 Å². The molecule has 0 radical (unpaired) electrons. The van der Waals surface area contributed by atoms with Gasteiger partial charge in [0.25, 0.3) is 0 Å². The standard InChI is InChI=1S/C15H18N2O/c1-10(15-11(2)17-18-12(15)3)9-14(16)13-7-5-4-6-8-13/h4-8,14H,1,9,16H2,2-3H3. The van der Waals surface area contributed by atoms with Crippen molar-refractivity contribution in [3.05, 3.63) is 59.5 Å². The fourth-order valence-corrected chi connectivity index (χ4v) is 2.17. The minimum atomic E-state index is -0.0487. The van der Waals surface area contributed by atoms with Gasteiger partial charge in [0.15, 0.2) is 0 Å². The van der Waals surface area contributed by atoms with E-state index in [2.05, 4.69) is 11.7 Å². The van der Waals surface area contributed by atoms with Crippen molar-refractivity contribution in [1.82, 2.24) is 5.16 Å². The Kier molecular flexibility index (Phi) is 3.63. The van der Waals surface area contributed by atoms with Crippen molar-refractivity contribution in [3.63, 3.8) is 0 Å². The molecule has 1 unspecified atom stereocenters. The molecule has 0 saturated heterocycles. The number of hydrogen-bond acceptors (Lipinski definition) is 3. The Morgan fingerprint density at radius 3 is 2.56 bits per heavy atom. The monoisotopic (exact) mass is 242 g/mol. The summed E-state index contributed by atoms with van der Waals surface area (Å²) in [4.78, 5) is 0. The lowest BCUT2D eigenvalue weighted by Crippen LogP contribution is -2.10. The van der Waals surface area contributed by atoms with Crippen LogP contribution in [0, 0.1) is 13.8 Å². The second-order valence-electron chi connectivity index (χ2n) is 4.52. The number of hydrogen-bond donors (Lipinski definition) is 1. The third-order valence-corrected chi connectivity index (χ3v) is 3.08. The number of benzene rings is 1. The minimum Gasteiger partial charge on any atom is -0.361 e. The van der Waals surface area contributed by atoms with Crippen LogP contribution in [-0.2, 0) is 0 Å². The molecular formula is C15H18N2O. The number of rotatable bonds is 4. The molecule has 1 heterocycles. The minimum absolute atomic E-state index is 0.0487. The molecule has 2 rings (SSSR count). The quantitative estimate of drug-likeness (QED) is 0.894. The normalized spacial score (nSPS) is 12.4. The first-order valence-corrected chi connectivity index (χ1v) is 6.01. The lowest BCUT2D eigenvalue weighted by atomic mass is 9.95. The summed E-state index contributed by atoms with van der Waals surface area (Å²) in [5.41, 5.74) is 10.2. The van der Waals surface area contributed by atoms with Crippen molar-refractivity contribution in [2.24, 2.45) is 5.73 Å². The van der Waals surface area contributed by atoms with Crippen LogP contribution in [0.4, 0.5) is 0 Å². The molecule has 1 aromatic heterocycles. The van der Waals surface area contributed by atoms with E-state index >= 15 is 0 Å². The molecule has 2 aromatic rings. The van der Waals surface area contributed by atoms with Gasteiger partial charge in [-0.2, -0.15) is 0 Å². The van der Waals surface area contributed by atoms with Gasteiger partial charge in [-0.25, -0.2) is 0 Å². The number of aromatic nitrogens is 1. The SMILES string of the molecule is C=C(CC(N)c1ccccc1)c1c(C)noc1C. The van der Waals surface area contributed by atoms with Gasteiger partial charge >= 0.3 is 0 Å². The van der Waals surface area contributed by atoms with Gasteiger partial charge in [-0.3, -0.25) is 0 Å². The van der Waals surface area contributed by atoms with E-state index in [4.69, 9.17) is 10.3 Å². The molecule has 18 heavy (non-hydrogen) atoms. The highest BCUT2D eigenvalue weighted by atomic mass is 16.5. The summed E-state index contributed by atoms with van der Waals surface area (Å²) in [7, 11) is 0. The maximum atomic E-state index is 6.19. The molecule has 3 heteroatoms. The van der Waals surface area contributed by atoms with E-state index in [0.717, 1.165) is 28.2 Å². The third-order valence-electron chi connectivity index (χ3n) is 3.08. The summed E-state index contributed by atoms with van der Waals surface area (Å²) in [5.74, 6) is 0.803. The predicted octanol–water partition coefficient (Wildman–Crippen LogP) is 3.39. The largest absolute Gasteiger partial charge is 0.361 e. The highest BCUT2D eigenvalue weighted by Gasteiger charge is 2.15. The molecule has 0 spiro atoms. The molecule has 1 aromatic carbocycles. The maximum absolute atomic E-state index is 6.19. The van der Waals surface area contributed by atoms with E-state index < -0.39 is 0 Å². The molecule has 0 aliphatic rings. The fourth-order valence-electron chi connectivity index (χ4n) is 2.17. The van der Waals surface area contributed by atoms with Crippen LogP contribution in [-0.4, -0.2) is 5.16 Å². The number of aryl methyl sites for hydroxylation is 2. The van der Waals surface area contributed by atoms with E-state index in [1.54, 1.807) is 0 Å². The molecule has 0 amide bonds. The highest BCUT2D eigenvalue weighted by Crippen LogP contribution is 2.28. The first-order chi connectivity index (χ1) is 8.59. The van der Waals surface area contributed by atoms with Crippen LogP contribution in [0.1, 0.15) is 35.0 Å². The van der Waals surface area contributed by atoms with E-state index in [1.807, 2.05) is 44.2 Å². The van der Waals surface area contributed by atoms with Gasteiger partial charge in [0.1, 0.15) is 5.76 Å². The van der Waals surface area contributed by atoms with Crippen molar-refractivity contribution in [2.75, 3.05) is 0 Å². The van der Waals surface area contributed by atoms with Crippen LogP contribution < -0.4 is 5.73 Å². The Morgan fingerprint density at radius 2 is 2.00 bits per heavy atom. The van der Waals surface area contributed by atoms with Crippen LogP contribution in [0.5, 0.6) is 0 Å². The summed E-state index contributed by atoms with van der Waals surface area (Å²) in [6, 6.07) is 9.99. The molecule has 0 fully saturated rings. The summed E-state index contributed by atoms with van der Waals surface area (Å²) < 4.78 is 5.15. The van der Waals surface area contributed by atoms with Crippen molar-refractivity contribution in [3.8, 4) is 0 Å². The summed E-state index contributed by atoms with van der Waals surface area (Å²) in [6.45, 7) is 7.92. The van der Waals surface area contributed by atoms with E-state index in [-0.39, 0.29) is 6.04 Å². The average Bonchev–Trinajstić information content (AvgIpc) is 2.70. The summed E-state index contributed by atoms with van der Waals surface area (Å²) in [6.07, 6.45) is 0.701. The average molecular weight is 242 g/mol. The molecule has 0 aliphatic heterocycles. The van der Waals surface area contributed by atoms with Gasteiger partial charge in [-0.05, 0) is 31.4 Å². The summed E-state index contributed by atoms with van der Waals surface area (Å²) >= 11 is 0. The fraction of sp³-hybridized carbons (Fsp3) is 0.267. The lowest BCUT2D eigenvalue weighted by molar-refractivity contribution is 0.393. The van der Waals surface area contributed by atoms with Gasteiger partial charge < -0.3 is 10.3 Å². The van der Waals surface area contributed by atoms with Crippen molar-refractivity contribution >= 4 is 5.57 Å². The van der Waals surface area contributed by atoms with Gasteiger partial charge in [0.05, 0.1) is 5.69 Å². The van der Waals surface area contributed by atoms with E-state index in [9.17, 15) is 0 Å². The van der Waals surface area contributed by atoms with Crippen molar-refractivity contribution in [2.45, 2.75) is 26.3 Å². The second kappa shape index (κ2) is 5.19. The predicted molar refractivity (Wildman–Crippen MR) is 73.0 cm³/mol. The molecular weight excluding hydrogens is 224 g/mol. The zero-order chi connectivity index (χ0) is 13.1. The molecule has 0 aliphatic carbocycles. The van der Waals surface area contributed by atoms with Crippen LogP contribution in [0.15, 0.2) is 41.4 Å². The zero-order valence-corrected chi connectivity index (χ0v) is 10.8. The molecule has 94 valence electrons. The Balaban J connectivity index is 2.13. The van der Waals surface area contributed by atoms with Crippen LogP contribution in [0.3, 0.4) is 0 Å². The first kappa shape index (κ1) is 12.6. The lowest BCUT2D eigenvalue weighted by Gasteiger charge is -2.13. The van der Waals surface area contributed by atoms with Crippen LogP contribution in [0.25, 0.3) is 5.57 Å². The second-order valence-corrected chi connectivity index (χ2v) is 4.52.